The largest absolute Gasteiger partial charge is 0.350 e. The average molecular weight is 369 g/mol. The number of pyridine rings is 1. The summed E-state index contributed by atoms with van der Waals surface area (Å²) in [4.78, 5) is 6.46. The van der Waals surface area contributed by atoms with E-state index < -0.39 is 0 Å². The Balaban J connectivity index is 1.81. The highest BCUT2D eigenvalue weighted by atomic mass is 35.5. The predicted octanol–water partition coefficient (Wildman–Crippen LogP) is 2.75. The lowest BCUT2D eigenvalue weighted by Crippen LogP contribution is -2.56. The lowest BCUT2D eigenvalue weighted by molar-refractivity contribution is 0.411. The van der Waals surface area contributed by atoms with E-state index in [1.165, 1.54) is 0 Å². The highest BCUT2D eigenvalue weighted by Gasteiger charge is 2.25. The fourth-order valence-corrected chi connectivity index (χ4v) is 3.44. The summed E-state index contributed by atoms with van der Waals surface area (Å²) in [5.41, 5.74) is 4.22. The molecule has 0 spiro atoms. The molecule has 0 aliphatic carbocycles. The third-order valence-corrected chi connectivity index (χ3v) is 4.92. The van der Waals surface area contributed by atoms with Crippen LogP contribution in [0.4, 0.5) is 5.82 Å². The molecule has 1 aliphatic heterocycles. The van der Waals surface area contributed by atoms with E-state index in [9.17, 15) is 0 Å². The van der Waals surface area contributed by atoms with E-state index in [1.54, 1.807) is 0 Å². The molecule has 3 aromatic rings. The maximum absolute atomic E-state index is 6.06. The number of anilines is 1. The molecule has 0 saturated carbocycles. The molecule has 26 heavy (non-hydrogen) atoms. The van der Waals surface area contributed by atoms with Crippen molar-refractivity contribution in [3.05, 3.63) is 53.8 Å². The zero-order valence-electron chi connectivity index (χ0n) is 14.5. The zero-order chi connectivity index (χ0) is 17.9. The van der Waals surface area contributed by atoms with Gasteiger partial charge in [-0.05, 0) is 36.9 Å². The second kappa shape index (κ2) is 7.45. The van der Waals surface area contributed by atoms with Gasteiger partial charge >= 0.3 is 0 Å². The minimum atomic E-state index is 0.240. The minimum absolute atomic E-state index is 0.240. The number of nitrogens with zero attached hydrogens (tertiary/aromatic N) is 3. The molecule has 2 aromatic heterocycles. The van der Waals surface area contributed by atoms with Crippen LogP contribution in [0.15, 0.2) is 48.8 Å². The van der Waals surface area contributed by atoms with Crippen molar-refractivity contribution in [2.24, 2.45) is 0 Å². The Morgan fingerprint density at radius 3 is 2.62 bits per heavy atom. The summed E-state index contributed by atoms with van der Waals surface area (Å²) in [6, 6.07) is 11.9. The van der Waals surface area contributed by atoms with Crippen LogP contribution >= 0.6 is 11.6 Å². The highest BCUT2D eigenvalue weighted by Crippen LogP contribution is 2.38. The Morgan fingerprint density at radius 1 is 1.12 bits per heavy atom. The number of H-pyrrole nitrogens is 1. The highest BCUT2D eigenvalue weighted by molar-refractivity contribution is 6.30. The van der Waals surface area contributed by atoms with Crippen molar-refractivity contribution in [3.8, 4) is 22.4 Å². The van der Waals surface area contributed by atoms with Gasteiger partial charge in [0.1, 0.15) is 0 Å². The number of halogens is 1. The van der Waals surface area contributed by atoms with Gasteiger partial charge in [0.2, 0.25) is 0 Å². The van der Waals surface area contributed by atoms with E-state index in [0.29, 0.717) is 0 Å². The molecule has 0 bridgehead atoms. The molecule has 0 amide bonds. The number of likely N-dealkylation sites (N-methyl/N-ethyl adjacent to an activating group) is 1. The summed E-state index contributed by atoms with van der Waals surface area (Å²) >= 11 is 6.06. The van der Waals surface area contributed by atoms with Gasteiger partial charge < -0.3 is 10.2 Å². The number of hydrogen-bond donors (Lipinski definition) is 3. The van der Waals surface area contributed by atoms with Crippen LogP contribution in [0.25, 0.3) is 22.4 Å². The summed E-state index contributed by atoms with van der Waals surface area (Å²) < 4.78 is 0. The van der Waals surface area contributed by atoms with Gasteiger partial charge in [-0.2, -0.15) is 5.10 Å². The van der Waals surface area contributed by atoms with Crippen LogP contribution in [0.1, 0.15) is 0 Å². The van der Waals surface area contributed by atoms with Gasteiger partial charge in [0.15, 0.2) is 5.82 Å². The second-order valence-electron chi connectivity index (χ2n) is 6.28. The molecular formula is C19H21ClN6. The van der Waals surface area contributed by atoms with Crippen LogP contribution < -0.4 is 15.5 Å². The van der Waals surface area contributed by atoms with Crippen LogP contribution in [0.2, 0.25) is 5.02 Å². The van der Waals surface area contributed by atoms with Crippen LogP contribution in [-0.4, -0.2) is 48.0 Å². The number of nitrogens with one attached hydrogen (secondary N) is 3. The first-order chi connectivity index (χ1) is 12.8. The standard InChI is InChI=1S/C19H21ClN6/c1-21-16-12-26(11-10-23-16)19-17(13-6-8-22-9-7-13)18(24-25-19)14-2-4-15(20)5-3-14/h2-9,16,21,23H,10-12H2,1H3,(H,24,25). The van der Waals surface area contributed by atoms with Crippen molar-refractivity contribution in [2.75, 3.05) is 31.6 Å². The third kappa shape index (κ3) is 3.31. The summed E-state index contributed by atoms with van der Waals surface area (Å²) in [5.74, 6) is 0.961. The molecule has 1 aromatic carbocycles. The maximum atomic E-state index is 6.06. The monoisotopic (exact) mass is 368 g/mol. The van der Waals surface area contributed by atoms with E-state index in [1.807, 2.05) is 55.8 Å². The SMILES string of the molecule is CNC1CN(c2n[nH]c(-c3ccc(Cl)cc3)c2-c2ccncc2)CCN1. The smallest absolute Gasteiger partial charge is 0.159 e. The lowest BCUT2D eigenvalue weighted by Gasteiger charge is -2.34. The van der Waals surface area contributed by atoms with Crippen molar-refractivity contribution in [2.45, 2.75) is 6.17 Å². The first-order valence-corrected chi connectivity index (χ1v) is 9.04. The summed E-state index contributed by atoms with van der Waals surface area (Å²) in [6.45, 7) is 2.66. The zero-order valence-corrected chi connectivity index (χ0v) is 15.3. The van der Waals surface area contributed by atoms with E-state index in [2.05, 4.69) is 30.7 Å². The van der Waals surface area contributed by atoms with Gasteiger partial charge in [0, 0.05) is 42.6 Å². The molecule has 1 atom stereocenters. The van der Waals surface area contributed by atoms with Crippen molar-refractivity contribution >= 4 is 17.4 Å². The van der Waals surface area contributed by atoms with Crippen molar-refractivity contribution in [1.82, 2.24) is 25.8 Å². The van der Waals surface area contributed by atoms with Gasteiger partial charge in [-0.15, -0.1) is 0 Å². The first kappa shape index (κ1) is 17.0. The molecule has 7 heteroatoms. The van der Waals surface area contributed by atoms with E-state index in [-0.39, 0.29) is 6.17 Å². The lowest BCUT2D eigenvalue weighted by atomic mass is 10.0. The van der Waals surface area contributed by atoms with Crippen molar-refractivity contribution < 1.29 is 0 Å². The number of benzene rings is 1. The maximum Gasteiger partial charge on any atom is 0.159 e. The quantitative estimate of drug-likeness (QED) is 0.660. The molecule has 6 nitrogen and oxygen atoms in total. The minimum Gasteiger partial charge on any atom is -0.350 e. The normalized spacial score (nSPS) is 17.5. The molecule has 1 fully saturated rings. The third-order valence-electron chi connectivity index (χ3n) is 4.67. The van der Waals surface area contributed by atoms with Crippen LogP contribution in [0.5, 0.6) is 0 Å². The van der Waals surface area contributed by atoms with Gasteiger partial charge in [0.25, 0.3) is 0 Å². The molecule has 1 unspecified atom stereocenters. The Labute approximate surface area is 157 Å². The molecule has 0 radical (unpaired) electrons. The molecule has 1 saturated heterocycles. The second-order valence-corrected chi connectivity index (χ2v) is 6.72. The number of hydrogen-bond acceptors (Lipinski definition) is 5. The Hall–Kier alpha value is -2.41. The molecule has 3 heterocycles. The molecule has 4 rings (SSSR count). The van der Waals surface area contributed by atoms with Gasteiger partial charge in [0.05, 0.1) is 17.4 Å². The summed E-state index contributed by atoms with van der Waals surface area (Å²) in [6.07, 6.45) is 3.86. The van der Waals surface area contributed by atoms with E-state index >= 15 is 0 Å². The van der Waals surface area contributed by atoms with Crippen LogP contribution in [0, 0.1) is 0 Å². The van der Waals surface area contributed by atoms with Crippen LogP contribution in [-0.2, 0) is 0 Å². The van der Waals surface area contributed by atoms with Gasteiger partial charge in [-0.1, -0.05) is 23.7 Å². The molecule has 3 N–H and O–H groups in total. The van der Waals surface area contributed by atoms with Gasteiger partial charge in [-0.25, -0.2) is 0 Å². The number of rotatable bonds is 4. The Morgan fingerprint density at radius 2 is 1.88 bits per heavy atom. The molecular weight excluding hydrogens is 348 g/mol. The summed E-state index contributed by atoms with van der Waals surface area (Å²) in [5, 5.41) is 15.4. The Kier molecular flexibility index (Phi) is 4.88. The van der Waals surface area contributed by atoms with Gasteiger partial charge in [-0.3, -0.25) is 15.4 Å². The fourth-order valence-electron chi connectivity index (χ4n) is 3.31. The first-order valence-electron chi connectivity index (χ1n) is 8.66. The predicted molar refractivity (Wildman–Crippen MR) is 105 cm³/mol. The summed E-state index contributed by atoms with van der Waals surface area (Å²) in [7, 11) is 1.97. The number of aromatic amines is 1. The molecule has 1 aliphatic rings. The Bertz CT molecular complexity index is 861. The number of aromatic nitrogens is 3. The number of piperazine rings is 1. The van der Waals surface area contributed by atoms with E-state index in [0.717, 1.165) is 52.9 Å². The fraction of sp³-hybridized carbons (Fsp3) is 0.263. The van der Waals surface area contributed by atoms with E-state index in [4.69, 9.17) is 11.6 Å². The topological polar surface area (TPSA) is 68.9 Å². The average Bonchev–Trinajstić information content (AvgIpc) is 3.14. The van der Waals surface area contributed by atoms with Crippen LogP contribution in [0.3, 0.4) is 0 Å². The van der Waals surface area contributed by atoms with Crippen molar-refractivity contribution in [1.29, 1.82) is 0 Å². The van der Waals surface area contributed by atoms with Crippen molar-refractivity contribution in [3.63, 3.8) is 0 Å². The molecule has 134 valence electrons.